The molecule has 2 atom stereocenters. The van der Waals surface area contributed by atoms with Crippen molar-refractivity contribution in [2.24, 2.45) is 5.92 Å². The van der Waals surface area contributed by atoms with Crippen molar-refractivity contribution in [3.05, 3.63) is 0 Å². The van der Waals surface area contributed by atoms with Gasteiger partial charge in [-0.15, -0.1) is 11.6 Å². The quantitative estimate of drug-likeness (QED) is 0.573. The van der Waals surface area contributed by atoms with Crippen molar-refractivity contribution < 1.29 is 9.47 Å². The molecule has 1 aliphatic rings. The number of rotatable bonds is 5. The van der Waals surface area contributed by atoms with Gasteiger partial charge in [-0.2, -0.15) is 0 Å². The molecule has 1 fully saturated rings. The van der Waals surface area contributed by atoms with Crippen molar-refractivity contribution in [2.75, 3.05) is 30.1 Å². The molecular weight excluding hydrogens is 302 g/mol. The van der Waals surface area contributed by atoms with Crippen LogP contribution in [0.1, 0.15) is 13.3 Å². The first-order chi connectivity index (χ1) is 6.20. The Kier molecular flexibility index (Phi) is 5.30. The molecule has 1 aliphatic heterocycles. The zero-order chi connectivity index (χ0) is 9.73. The Morgan fingerprint density at radius 1 is 1.69 bits per heavy atom. The van der Waals surface area contributed by atoms with Crippen LogP contribution in [-0.2, 0) is 9.47 Å². The van der Waals surface area contributed by atoms with Gasteiger partial charge in [0.25, 0.3) is 0 Å². The van der Waals surface area contributed by atoms with Crippen LogP contribution >= 0.6 is 34.2 Å². The molecule has 1 rings (SSSR count). The molecule has 0 aliphatic carbocycles. The third kappa shape index (κ3) is 3.90. The molecule has 0 amide bonds. The van der Waals surface area contributed by atoms with E-state index in [-0.39, 0.29) is 5.60 Å². The average Bonchev–Trinajstić information content (AvgIpc) is 2.67. The number of hydrogen-bond donors (Lipinski definition) is 0. The van der Waals surface area contributed by atoms with E-state index in [4.69, 9.17) is 21.1 Å². The Bertz CT molecular complexity index is 145. The van der Waals surface area contributed by atoms with E-state index in [1.54, 1.807) is 0 Å². The second kappa shape index (κ2) is 5.73. The van der Waals surface area contributed by atoms with Gasteiger partial charge in [-0.3, -0.25) is 0 Å². The van der Waals surface area contributed by atoms with E-state index in [0.717, 1.165) is 30.7 Å². The fraction of sp³-hybridized carbons (Fsp3) is 1.00. The van der Waals surface area contributed by atoms with Gasteiger partial charge in [0.1, 0.15) is 0 Å². The molecule has 2 nitrogen and oxygen atoms in total. The Morgan fingerprint density at radius 2 is 2.46 bits per heavy atom. The molecule has 78 valence electrons. The Hall–Kier alpha value is 0.940. The third-order valence-electron chi connectivity index (χ3n) is 2.26. The van der Waals surface area contributed by atoms with E-state index in [0.29, 0.717) is 11.8 Å². The van der Waals surface area contributed by atoms with Crippen LogP contribution in [0, 0.1) is 5.92 Å². The average molecular weight is 319 g/mol. The lowest BCUT2D eigenvalue weighted by Crippen LogP contribution is -2.34. The highest BCUT2D eigenvalue weighted by Crippen LogP contribution is 2.20. The van der Waals surface area contributed by atoms with Crippen LogP contribution in [0.3, 0.4) is 0 Å². The topological polar surface area (TPSA) is 18.5 Å². The minimum Gasteiger partial charge on any atom is -0.381 e. The van der Waals surface area contributed by atoms with Gasteiger partial charge in [0.2, 0.25) is 0 Å². The summed E-state index contributed by atoms with van der Waals surface area (Å²) in [6.07, 6.45) is 1.12. The first-order valence-corrected chi connectivity index (χ1v) is 6.60. The van der Waals surface area contributed by atoms with E-state index in [9.17, 15) is 0 Å². The molecule has 0 aromatic rings. The molecule has 0 radical (unpaired) electrons. The summed E-state index contributed by atoms with van der Waals surface area (Å²) in [5, 5.41) is 0. The molecule has 1 saturated heterocycles. The van der Waals surface area contributed by atoms with Crippen LogP contribution in [0.2, 0.25) is 0 Å². The Morgan fingerprint density at radius 3 is 2.92 bits per heavy atom. The summed E-state index contributed by atoms with van der Waals surface area (Å²) in [5.41, 5.74) is -0.162. The molecule has 0 bridgehead atoms. The molecule has 0 spiro atoms. The number of alkyl halides is 2. The zero-order valence-electron chi connectivity index (χ0n) is 7.89. The number of hydrogen-bond acceptors (Lipinski definition) is 2. The lowest BCUT2D eigenvalue weighted by atomic mass is 10.1. The lowest BCUT2D eigenvalue weighted by Gasteiger charge is -2.26. The zero-order valence-corrected chi connectivity index (χ0v) is 10.8. The van der Waals surface area contributed by atoms with Crippen molar-refractivity contribution in [3.8, 4) is 0 Å². The predicted octanol–water partition coefficient (Wildman–Crippen LogP) is 2.47. The van der Waals surface area contributed by atoms with Gasteiger partial charge < -0.3 is 9.47 Å². The highest BCUT2D eigenvalue weighted by molar-refractivity contribution is 14.1. The second-order valence-electron chi connectivity index (χ2n) is 3.76. The van der Waals surface area contributed by atoms with Gasteiger partial charge in [0.05, 0.1) is 24.7 Å². The highest BCUT2D eigenvalue weighted by Gasteiger charge is 2.25. The van der Waals surface area contributed by atoms with Crippen LogP contribution in [0.4, 0.5) is 0 Å². The predicted molar refractivity (Wildman–Crippen MR) is 62.9 cm³/mol. The Balaban J connectivity index is 2.22. The smallest absolute Gasteiger partial charge is 0.0878 e. The molecule has 2 unspecified atom stereocenters. The van der Waals surface area contributed by atoms with E-state index >= 15 is 0 Å². The fourth-order valence-corrected chi connectivity index (χ4v) is 2.13. The van der Waals surface area contributed by atoms with Crippen molar-refractivity contribution >= 4 is 34.2 Å². The maximum absolute atomic E-state index is 5.83. The number of ether oxygens (including phenoxy) is 2. The van der Waals surface area contributed by atoms with E-state index < -0.39 is 0 Å². The van der Waals surface area contributed by atoms with Crippen LogP contribution in [0.15, 0.2) is 0 Å². The SMILES string of the molecule is CC(CCl)(CI)OCC1CCOC1. The Labute approximate surface area is 98.4 Å². The van der Waals surface area contributed by atoms with E-state index in [2.05, 4.69) is 29.5 Å². The summed E-state index contributed by atoms with van der Waals surface area (Å²) < 4.78 is 12.0. The van der Waals surface area contributed by atoms with E-state index in [1.807, 2.05) is 0 Å². The first-order valence-electron chi connectivity index (χ1n) is 4.54. The van der Waals surface area contributed by atoms with Gasteiger partial charge >= 0.3 is 0 Å². The molecule has 0 aromatic heterocycles. The van der Waals surface area contributed by atoms with E-state index in [1.165, 1.54) is 0 Å². The largest absolute Gasteiger partial charge is 0.381 e. The second-order valence-corrected chi connectivity index (χ2v) is 4.79. The molecule has 0 aromatic carbocycles. The van der Waals surface area contributed by atoms with Crippen LogP contribution in [0.25, 0.3) is 0 Å². The van der Waals surface area contributed by atoms with Crippen molar-refractivity contribution in [1.29, 1.82) is 0 Å². The summed E-state index contributed by atoms with van der Waals surface area (Å²) in [4.78, 5) is 0. The highest BCUT2D eigenvalue weighted by atomic mass is 127. The summed E-state index contributed by atoms with van der Waals surface area (Å²) in [6.45, 7) is 4.57. The molecule has 13 heavy (non-hydrogen) atoms. The van der Waals surface area contributed by atoms with Gasteiger partial charge in [0.15, 0.2) is 0 Å². The molecule has 4 heteroatoms. The summed E-state index contributed by atoms with van der Waals surface area (Å²) >= 11 is 8.15. The fourth-order valence-electron chi connectivity index (χ4n) is 1.15. The van der Waals surface area contributed by atoms with Gasteiger partial charge in [-0.05, 0) is 13.3 Å². The summed E-state index contributed by atoms with van der Waals surface area (Å²) in [6, 6.07) is 0. The van der Waals surface area contributed by atoms with Crippen molar-refractivity contribution in [1.82, 2.24) is 0 Å². The monoisotopic (exact) mass is 318 g/mol. The molecule has 0 N–H and O–H groups in total. The number of halogens is 2. The van der Waals surface area contributed by atoms with Crippen LogP contribution < -0.4 is 0 Å². The minimum absolute atomic E-state index is 0.162. The molecule has 0 saturated carbocycles. The summed E-state index contributed by atoms with van der Waals surface area (Å²) in [7, 11) is 0. The van der Waals surface area contributed by atoms with Crippen molar-refractivity contribution in [2.45, 2.75) is 18.9 Å². The lowest BCUT2D eigenvalue weighted by molar-refractivity contribution is -0.0154. The molecule has 1 heterocycles. The van der Waals surface area contributed by atoms with Gasteiger partial charge in [0, 0.05) is 17.0 Å². The maximum atomic E-state index is 5.83. The minimum atomic E-state index is -0.162. The van der Waals surface area contributed by atoms with Gasteiger partial charge in [-0.1, -0.05) is 22.6 Å². The third-order valence-corrected chi connectivity index (χ3v) is 4.44. The van der Waals surface area contributed by atoms with Crippen molar-refractivity contribution in [3.63, 3.8) is 0 Å². The van der Waals surface area contributed by atoms with Crippen LogP contribution in [-0.4, -0.2) is 35.7 Å². The van der Waals surface area contributed by atoms with Gasteiger partial charge in [-0.25, -0.2) is 0 Å². The first kappa shape index (κ1) is 12.0. The standard InChI is InChI=1S/C9H16ClIO2/c1-9(6-10,7-11)13-5-8-2-3-12-4-8/h8H,2-7H2,1H3. The normalized spacial score (nSPS) is 27.5. The molecular formula is C9H16ClIO2. The summed E-state index contributed by atoms with van der Waals surface area (Å²) in [5.74, 6) is 1.13. The van der Waals surface area contributed by atoms with Crippen LogP contribution in [0.5, 0.6) is 0 Å². The maximum Gasteiger partial charge on any atom is 0.0878 e.